The van der Waals surface area contributed by atoms with E-state index >= 15 is 0 Å². The molecule has 0 unspecified atom stereocenters. The molecule has 2 saturated heterocycles. The van der Waals surface area contributed by atoms with E-state index in [1.54, 1.807) is 30.3 Å². The fourth-order valence-electron chi connectivity index (χ4n) is 2.81. The van der Waals surface area contributed by atoms with E-state index in [-0.39, 0.29) is 13.2 Å². The zero-order valence-corrected chi connectivity index (χ0v) is 14.8. The van der Waals surface area contributed by atoms with E-state index in [0.717, 1.165) is 0 Å². The molecule has 0 saturated carbocycles. The number of carboxylic acids is 1. The van der Waals surface area contributed by atoms with Gasteiger partial charge in [-0.1, -0.05) is 18.2 Å². The number of nitrogens with one attached hydrogen (secondary N) is 1. The first-order valence-corrected chi connectivity index (χ1v) is 8.78. The highest BCUT2D eigenvalue weighted by Crippen LogP contribution is 2.46. The summed E-state index contributed by atoms with van der Waals surface area (Å²) in [6, 6.07) is 7.06. The molecule has 0 spiro atoms. The number of hydrogen-bond acceptors (Lipinski definition) is 6. The van der Waals surface area contributed by atoms with Crippen molar-refractivity contribution in [1.82, 2.24) is 10.2 Å². The summed E-state index contributed by atoms with van der Waals surface area (Å²) in [5.74, 6) is -1.40. The molecule has 138 valence electrons. The van der Waals surface area contributed by atoms with E-state index in [1.807, 2.05) is 6.07 Å². The highest BCUT2D eigenvalue weighted by atomic mass is 32.2. The summed E-state index contributed by atoms with van der Waals surface area (Å²) < 4.78 is 10.3. The molecular weight excluding hydrogens is 360 g/mol. The van der Waals surface area contributed by atoms with Gasteiger partial charge in [0.05, 0.1) is 6.61 Å². The Morgan fingerprint density at radius 2 is 2.08 bits per heavy atom. The summed E-state index contributed by atoms with van der Waals surface area (Å²) in [4.78, 5) is 37.7. The monoisotopic (exact) mass is 378 g/mol. The lowest BCUT2D eigenvalue weighted by molar-refractivity contribution is -0.158. The first kappa shape index (κ1) is 18.3. The van der Waals surface area contributed by atoms with Crippen LogP contribution in [0.1, 0.15) is 0 Å². The molecule has 2 aliphatic heterocycles. The van der Waals surface area contributed by atoms with Crippen molar-refractivity contribution in [3.8, 4) is 5.75 Å². The van der Waals surface area contributed by atoms with Crippen LogP contribution in [0.4, 0.5) is 0 Å². The van der Waals surface area contributed by atoms with Gasteiger partial charge in [0.15, 0.2) is 12.6 Å². The number of carboxylic acid groups (broad SMARTS) is 1. The van der Waals surface area contributed by atoms with Gasteiger partial charge in [0, 0.05) is 12.0 Å². The molecule has 2 heterocycles. The van der Waals surface area contributed by atoms with Crippen LogP contribution < -0.4 is 10.1 Å². The average Bonchev–Trinajstić information content (AvgIpc) is 2.99. The average molecular weight is 378 g/mol. The molecule has 2 fully saturated rings. The minimum Gasteiger partial charge on any atom is -0.484 e. The van der Waals surface area contributed by atoms with Crippen LogP contribution in [-0.4, -0.2) is 65.6 Å². The Kier molecular flexibility index (Phi) is 5.48. The van der Waals surface area contributed by atoms with Crippen molar-refractivity contribution in [2.45, 2.75) is 17.5 Å². The fourth-order valence-corrected chi connectivity index (χ4v) is 4.25. The molecule has 8 nitrogen and oxygen atoms in total. The second-order valence-corrected chi connectivity index (χ2v) is 6.89. The maximum atomic E-state index is 12.3. The second-order valence-electron chi connectivity index (χ2n) is 5.70. The predicted octanol–water partition coefficient (Wildman–Crippen LogP) is 0.449. The Morgan fingerprint density at radius 3 is 2.73 bits per heavy atom. The van der Waals surface area contributed by atoms with E-state index in [2.05, 4.69) is 5.32 Å². The normalized spacial score (nSPS) is 25.6. The SMILES string of the molecule is COCC=C1S[C@@H]2[C@H](NC(=O)COc3ccccc3)C(=O)N2[C@H]1C(=O)O. The molecule has 9 heteroatoms. The molecule has 2 N–H and O–H groups in total. The number of amides is 2. The molecule has 26 heavy (non-hydrogen) atoms. The van der Waals surface area contributed by atoms with Crippen LogP contribution in [0.2, 0.25) is 0 Å². The summed E-state index contributed by atoms with van der Waals surface area (Å²) in [6.45, 7) is 0.0305. The minimum atomic E-state index is -1.10. The smallest absolute Gasteiger partial charge is 0.331 e. The van der Waals surface area contributed by atoms with Crippen molar-refractivity contribution in [2.24, 2.45) is 0 Å². The standard InChI is InChI=1S/C17H18N2O6S/c1-24-8-7-11-14(17(22)23)19-15(21)13(16(19)26-11)18-12(20)9-25-10-5-3-2-4-6-10/h2-7,13-14,16H,8-9H2,1H3,(H,18,20)(H,22,23)/t13-,14-,16-/m1/s1. The van der Waals surface area contributed by atoms with E-state index < -0.39 is 35.2 Å². The number of hydrogen-bond donors (Lipinski definition) is 2. The lowest BCUT2D eigenvalue weighted by atomic mass is 10.0. The van der Waals surface area contributed by atoms with Gasteiger partial charge in [-0.25, -0.2) is 4.79 Å². The Labute approximate surface area is 154 Å². The summed E-state index contributed by atoms with van der Waals surface area (Å²) in [7, 11) is 1.50. The molecule has 3 rings (SSSR count). The molecule has 2 aliphatic rings. The summed E-state index contributed by atoms with van der Waals surface area (Å²) in [6.07, 6.45) is 1.65. The van der Waals surface area contributed by atoms with Crippen LogP contribution >= 0.6 is 11.8 Å². The predicted molar refractivity (Wildman–Crippen MR) is 93.5 cm³/mol. The number of nitrogens with zero attached hydrogens (tertiary/aromatic N) is 1. The number of methoxy groups -OCH3 is 1. The van der Waals surface area contributed by atoms with E-state index in [1.165, 1.54) is 23.8 Å². The maximum Gasteiger partial charge on any atom is 0.331 e. The van der Waals surface area contributed by atoms with Gasteiger partial charge in [-0.05, 0) is 18.2 Å². The third-order valence-corrected chi connectivity index (χ3v) is 5.40. The summed E-state index contributed by atoms with van der Waals surface area (Å²) in [5.41, 5.74) is 0. The Morgan fingerprint density at radius 1 is 1.35 bits per heavy atom. The van der Waals surface area contributed by atoms with Gasteiger partial charge in [0.25, 0.3) is 5.91 Å². The van der Waals surface area contributed by atoms with Crippen LogP contribution in [-0.2, 0) is 19.1 Å². The first-order chi connectivity index (χ1) is 12.5. The molecule has 0 aromatic heterocycles. The molecular formula is C17H18N2O6S. The molecule has 3 atom stereocenters. The number of benzene rings is 1. The van der Waals surface area contributed by atoms with Gasteiger partial charge in [0.1, 0.15) is 17.2 Å². The number of ether oxygens (including phenoxy) is 2. The van der Waals surface area contributed by atoms with Gasteiger partial charge in [-0.3, -0.25) is 9.59 Å². The third kappa shape index (κ3) is 3.54. The number of carbonyl (C=O) groups is 3. The quantitative estimate of drug-likeness (QED) is 0.664. The van der Waals surface area contributed by atoms with Crippen molar-refractivity contribution in [1.29, 1.82) is 0 Å². The van der Waals surface area contributed by atoms with Crippen molar-refractivity contribution in [3.05, 3.63) is 41.3 Å². The largest absolute Gasteiger partial charge is 0.484 e. The molecule has 1 aromatic rings. The molecule has 0 aliphatic carbocycles. The number of rotatable bonds is 7. The lowest BCUT2D eigenvalue weighted by Crippen LogP contribution is -2.70. The number of para-hydroxylation sites is 1. The third-order valence-electron chi connectivity index (χ3n) is 4.00. The highest BCUT2D eigenvalue weighted by Gasteiger charge is 2.59. The highest BCUT2D eigenvalue weighted by molar-refractivity contribution is 8.04. The van der Waals surface area contributed by atoms with Gasteiger partial charge in [0.2, 0.25) is 5.91 Å². The maximum absolute atomic E-state index is 12.3. The van der Waals surface area contributed by atoms with Crippen molar-refractivity contribution >= 4 is 29.5 Å². The Hall–Kier alpha value is -2.52. The number of carbonyl (C=O) groups excluding carboxylic acids is 2. The van der Waals surface area contributed by atoms with Gasteiger partial charge in [-0.2, -0.15) is 0 Å². The molecule has 1 aromatic carbocycles. The van der Waals surface area contributed by atoms with E-state index in [0.29, 0.717) is 10.7 Å². The van der Waals surface area contributed by atoms with E-state index in [4.69, 9.17) is 9.47 Å². The topological polar surface area (TPSA) is 105 Å². The van der Waals surface area contributed by atoms with Crippen molar-refractivity contribution < 1.29 is 29.0 Å². The molecule has 0 radical (unpaired) electrons. The summed E-state index contributed by atoms with van der Waals surface area (Å²) in [5, 5.41) is 11.6. The lowest BCUT2D eigenvalue weighted by Gasteiger charge is -2.42. The van der Waals surface area contributed by atoms with Crippen LogP contribution in [0.5, 0.6) is 5.75 Å². The van der Waals surface area contributed by atoms with Crippen LogP contribution in [0.3, 0.4) is 0 Å². The van der Waals surface area contributed by atoms with Crippen molar-refractivity contribution in [2.75, 3.05) is 20.3 Å². The summed E-state index contributed by atoms with van der Waals surface area (Å²) >= 11 is 1.25. The van der Waals surface area contributed by atoms with Gasteiger partial charge in [-0.15, -0.1) is 11.8 Å². The van der Waals surface area contributed by atoms with Crippen LogP contribution in [0.15, 0.2) is 41.3 Å². The zero-order valence-electron chi connectivity index (χ0n) is 14.0. The Balaban J connectivity index is 1.60. The second kappa shape index (κ2) is 7.79. The number of aliphatic carboxylic acids is 1. The van der Waals surface area contributed by atoms with Crippen molar-refractivity contribution in [3.63, 3.8) is 0 Å². The van der Waals surface area contributed by atoms with Crippen LogP contribution in [0.25, 0.3) is 0 Å². The number of thioether (sulfide) groups is 1. The molecule has 2 amide bonds. The molecule has 0 bridgehead atoms. The zero-order chi connectivity index (χ0) is 18.7. The van der Waals surface area contributed by atoms with Gasteiger partial charge >= 0.3 is 5.97 Å². The fraction of sp³-hybridized carbons (Fsp3) is 0.353. The van der Waals surface area contributed by atoms with Crippen LogP contribution in [0, 0.1) is 0 Å². The van der Waals surface area contributed by atoms with Gasteiger partial charge < -0.3 is 24.8 Å². The number of fused-ring (bicyclic) bond motifs is 1. The van der Waals surface area contributed by atoms with E-state index in [9.17, 15) is 19.5 Å². The minimum absolute atomic E-state index is 0.222. The Bertz CT molecular complexity index is 738. The number of β-lactam (4-membered cyclic amide) rings is 1. The first-order valence-electron chi connectivity index (χ1n) is 7.90.